The van der Waals surface area contributed by atoms with E-state index in [9.17, 15) is 5.11 Å². The predicted octanol–water partition coefficient (Wildman–Crippen LogP) is 3.17. The zero-order valence-corrected chi connectivity index (χ0v) is 12.6. The molecular formula is C15H14BrN3O. The molecule has 0 aliphatic heterocycles. The van der Waals surface area contributed by atoms with E-state index in [2.05, 4.69) is 20.9 Å². The number of anilines is 1. The Balaban J connectivity index is 2.30. The Morgan fingerprint density at radius 1 is 1.25 bits per heavy atom. The third kappa shape index (κ3) is 2.09. The third-order valence-electron chi connectivity index (χ3n) is 3.30. The van der Waals surface area contributed by atoms with Crippen LogP contribution in [-0.4, -0.2) is 14.7 Å². The standard InChI is InChI=1S/C15H14BrN3O/c1-9-2-4-11(7-12(9)16)19-14-5-3-10(17)6-13(14)18-15(19)8-20/h2-7,20H,8,17H2,1H3. The molecule has 0 fully saturated rings. The van der Waals surface area contributed by atoms with E-state index in [0.717, 1.165) is 26.8 Å². The van der Waals surface area contributed by atoms with Gasteiger partial charge in [-0.1, -0.05) is 22.0 Å². The van der Waals surface area contributed by atoms with Crippen molar-refractivity contribution in [1.29, 1.82) is 0 Å². The number of aromatic nitrogens is 2. The number of benzene rings is 2. The smallest absolute Gasteiger partial charge is 0.140 e. The molecule has 1 heterocycles. The van der Waals surface area contributed by atoms with E-state index in [1.165, 1.54) is 0 Å². The third-order valence-corrected chi connectivity index (χ3v) is 4.16. The van der Waals surface area contributed by atoms with Crippen LogP contribution in [0.15, 0.2) is 40.9 Å². The fraction of sp³-hybridized carbons (Fsp3) is 0.133. The lowest BCUT2D eigenvalue weighted by molar-refractivity contribution is 0.270. The van der Waals surface area contributed by atoms with Gasteiger partial charge in [-0.25, -0.2) is 4.98 Å². The number of aryl methyl sites for hydroxylation is 1. The van der Waals surface area contributed by atoms with Crippen LogP contribution in [0.4, 0.5) is 5.69 Å². The molecule has 3 aromatic rings. The molecule has 0 amide bonds. The zero-order chi connectivity index (χ0) is 14.3. The lowest BCUT2D eigenvalue weighted by Gasteiger charge is -2.09. The molecule has 20 heavy (non-hydrogen) atoms. The minimum atomic E-state index is -0.125. The molecule has 1 aromatic heterocycles. The number of nitrogens with two attached hydrogens (primary N) is 1. The van der Waals surface area contributed by atoms with Gasteiger partial charge in [-0.15, -0.1) is 0 Å². The van der Waals surface area contributed by atoms with Crippen LogP contribution in [0.3, 0.4) is 0 Å². The number of fused-ring (bicyclic) bond motifs is 1. The molecule has 3 N–H and O–H groups in total. The van der Waals surface area contributed by atoms with Crippen molar-refractivity contribution >= 4 is 32.7 Å². The molecule has 0 unspecified atom stereocenters. The first kappa shape index (κ1) is 13.1. The number of aliphatic hydroxyl groups excluding tert-OH is 1. The first-order valence-electron chi connectivity index (χ1n) is 6.24. The van der Waals surface area contributed by atoms with E-state index in [-0.39, 0.29) is 6.61 Å². The van der Waals surface area contributed by atoms with Gasteiger partial charge in [-0.3, -0.25) is 4.57 Å². The Morgan fingerprint density at radius 3 is 2.75 bits per heavy atom. The molecule has 102 valence electrons. The van der Waals surface area contributed by atoms with Gasteiger partial charge in [0.25, 0.3) is 0 Å². The number of imidazole rings is 1. The quantitative estimate of drug-likeness (QED) is 0.709. The Morgan fingerprint density at radius 2 is 2.05 bits per heavy atom. The van der Waals surface area contributed by atoms with E-state index in [1.807, 2.05) is 47.9 Å². The summed E-state index contributed by atoms with van der Waals surface area (Å²) in [6, 6.07) is 11.6. The Labute approximate surface area is 125 Å². The number of halogens is 1. The normalized spacial score (nSPS) is 11.2. The van der Waals surface area contributed by atoms with Crippen LogP contribution in [0, 0.1) is 6.92 Å². The second-order valence-corrected chi connectivity index (χ2v) is 5.56. The lowest BCUT2D eigenvalue weighted by atomic mass is 10.2. The minimum Gasteiger partial charge on any atom is -0.399 e. The lowest BCUT2D eigenvalue weighted by Crippen LogP contribution is -2.01. The van der Waals surface area contributed by atoms with Gasteiger partial charge in [-0.05, 0) is 42.8 Å². The zero-order valence-electron chi connectivity index (χ0n) is 11.0. The fourth-order valence-electron chi connectivity index (χ4n) is 2.26. The largest absolute Gasteiger partial charge is 0.399 e. The summed E-state index contributed by atoms with van der Waals surface area (Å²) in [5.41, 5.74) is 10.3. The summed E-state index contributed by atoms with van der Waals surface area (Å²) in [7, 11) is 0. The Kier molecular flexibility index (Phi) is 3.23. The SMILES string of the molecule is Cc1ccc(-n2c(CO)nc3cc(N)ccc32)cc1Br. The maximum absolute atomic E-state index is 9.55. The molecule has 0 radical (unpaired) electrons. The van der Waals surface area contributed by atoms with Crippen molar-refractivity contribution in [2.45, 2.75) is 13.5 Å². The van der Waals surface area contributed by atoms with Crippen molar-refractivity contribution < 1.29 is 5.11 Å². The molecule has 4 nitrogen and oxygen atoms in total. The molecule has 2 aromatic carbocycles. The molecule has 0 aliphatic carbocycles. The number of hydrogen-bond acceptors (Lipinski definition) is 3. The molecule has 0 bridgehead atoms. The van der Waals surface area contributed by atoms with Crippen molar-refractivity contribution in [1.82, 2.24) is 9.55 Å². The highest BCUT2D eigenvalue weighted by molar-refractivity contribution is 9.10. The monoisotopic (exact) mass is 331 g/mol. The van der Waals surface area contributed by atoms with Crippen LogP contribution in [-0.2, 0) is 6.61 Å². The second-order valence-electron chi connectivity index (χ2n) is 4.70. The average molecular weight is 332 g/mol. The molecule has 3 rings (SSSR count). The number of nitrogens with zero attached hydrogens (tertiary/aromatic N) is 2. The summed E-state index contributed by atoms with van der Waals surface area (Å²) < 4.78 is 2.97. The van der Waals surface area contributed by atoms with Crippen LogP contribution in [0.1, 0.15) is 11.4 Å². The fourth-order valence-corrected chi connectivity index (χ4v) is 2.63. The number of nitrogen functional groups attached to an aromatic ring is 1. The van der Waals surface area contributed by atoms with Crippen molar-refractivity contribution in [3.8, 4) is 5.69 Å². The summed E-state index contributed by atoms with van der Waals surface area (Å²) >= 11 is 3.54. The van der Waals surface area contributed by atoms with Crippen LogP contribution in [0.2, 0.25) is 0 Å². The number of hydrogen-bond donors (Lipinski definition) is 2. The summed E-state index contributed by atoms with van der Waals surface area (Å²) in [6.07, 6.45) is 0. The van der Waals surface area contributed by atoms with Gasteiger partial charge >= 0.3 is 0 Å². The van der Waals surface area contributed by atoms with E-state index < -0.39 is 0 Å². The maximum atomic E-state index is 9.55. The summed E-state index contributed by atoms with van der Waals surface area (Å²) in [5, 5.41) is 9.55. The first-order chi connectivity index (χ1) is 9.60. The van der Waals surface area contributed by atoms with Crippen molar-refractivity contribution in [2.24, 2.45) is 0 Å². The number of rotatable bonds is 2. The summed E-state index contributed by atoms with van der Waals surface area (Å²) in [5.74, 6) is 0.598. The summed E-state index contributed by atoms with van der Waals surface area (Å²) in [6.45, 7) is 1.91. The molecule has 0 saturated carbocycles. The van der Waals surface area contributed by atoms with E-state index >= 15 is 0 Å². The van der Waals surface area contributed by atoms with Gasteiger partial charge in [0.05, 0.1) is 11.0 Å². The van der Waals surface area contributed by atoms with Crippen LogP contribution in [0.25, 0.3) is 16.7 Å². The Bertz CT molecular complexity index is 795. The van der Waals surface area contributed by atoms with Gasteiger partial charge in [0.2, 0.25) is 0 Å². The van der Waals surface area contributed by atoms with Gasteiger partial charge in [0.15, 0.2) is 0 Å². The Hall–Kier alpha value is -1.85. The van der Waals surface area contributed by atoms with E-state index in [0.29, 0.717) is 11.5 Å². The minimum absolute atomic E-state index is 0.125. The average Bonchev–Trinajstić information content (AvgIpc) is 2.79. The molecular weight excluding hydrogens is 318 g/mol. The topological polar surface area (TPSA) is 64.1 Å². The van der Waals surface area contributed by atoms with Crippen molar-refractivity contribution in [2.75, 3.05) is 5.73 Å². The van der Waals surface area contributed by atoms with Gasteiger partial charge in [0, 0.05) is 15.8 Å². The van der Waals surface area contributed by atoms with Crippen LogP contribution >= 0.6 is 15.9 Å². The highest BCUT2D eigenvalue weighted by atomic mass is 79.9. The highest BCUT2D eigenvalue weighted by Crippen LogP contribution is 2.26. The molecule has 0 atom stereocenters. The highest BCUT2D eigenvalue weighted by Gasteiger charge is 2.12. The van der Waals surface area contributed by atoms with Crippen molar-refractivity contribution in [3.05, 3.63) is 52.3 Å². The maximum Gasteiger partial charge on any atom is 0.140 e. The van der Waals surface area contributed by atoms with E-state index in [4.69, 9.17) is 5.73 Å². The van der Waals surface area contributed by atoms with Gasteiger partial charge < -0.3 is 10.8 Å². The van der Waals surface area contributed by atoms with Crippen LogP contribution in [0.5, 0.6) is 0 Å². The second kappa shape index (κ2) is 4.92. The molecule has 0 saturated heterocycles. The van der Waals surface area contributed by atoms with E-state index in [1.54, 1.807) is 0 Å². The summed E-state index contributed by atoms with van der Waals surface area (Å²) in [4.78, 5) is 4.44. The number of aliphatic hydroxyl groups is 1. The molecule has 0 spiro atoms. The van der Waals surface area contributed by atoms with Crippen molar-refractivity contribution in [3.63, 3.8) is 0 Å². The molecule has 5 heteroatoms. The van der Waals surface area contributed by atoms with Gasteiger partial charge in [0.1, 0.15) is 12.4 Å². The van der Waals surface area contributed by atoms with Crippen LogP contribution < -0.4 is 5.73 Å². The molecule has 0 aliphatic rings. The first-order valence-corrected chi connectivity index (χ1v) is 7.03. The van der Waals surface area contributed by atoms with Gasteiger partial charge in [-0.2, -0.15) is 0 Å². The predicted molar refractivity (Wildman–Crippen MR) is 83.8 cm³/mol.